The van der Waals surface area contributed by atoms with Gasteiger partial charge in [0.2, 0.25) is 0 Å². The van der Waals surface area contributed by atoms with Gasteiger partial charge < -0.3 is 4.84 Å². The predicted octanol–water partition coefficient (Wildman–Crippen LogP) is 5.52. The Bertz CT molecular complexity index is 784. The maximum atomic E-state index is 13.9. The molecule has 1 aliphatic rings. The first-order valence-electron chi connectivity index (χ1n) is 7.10. The molecule has 0 saturated heterocycles. The lowest BCUT2D eigenvalue weighted by molar-refractivity contribution is -0.275. The monoisotopic (exact) mass is 371 g/mol. The molecule has 0 spiro atoms. The lowest BCUT2D eigenvalue weighted by Gasteiger charge is -2.29. The van der Waals surface area contributed by atoms with E-state index in [1.54, 1.807) is 37.3 Å². The summed E-state index contributed by atoms with van der Waals surface area (Å²) in [6.45, 7) is 1.68. The van der Waals surface area contributed by atoms with Crippen LogP contribution in [0.4, 0.5) is 13.2 Å². The van der Waals surface area contributed by atoms with Gasteiger partial charge in [-0.15, -0.1) is 12.6 Å². The highest BCUT2D eigenvalue weighted by atomic mass is 35.5. The molecule has 24 heavy (non-hydrogen) atoms. The minimum Gasteiger partial charge on any atom is -0.374 e. The highest BCUT2D eigenvalue weighted by molar-refractivity contribution is 7.80. The van der Waals surface area contributed by atoms with Crippen LogP contribution in [0, 0.1) is 6.92 Å². The van der Waals surface area contributed by atoms with Crippen molar-refractivity contribution in [2.75, 3.05) is 0 Å². The van der Waals surface area contributed by atoms with Crippen molar-refractivity contribution in [1.82, 2.24) is 0 Å². The number of nitrogens with zero attached hydrogens (tertiary/aromatic N) is 1. The molecule has 0 saturated carbocycles. The van der Waals surface area contributed by atoms with Crippen molar-refractivity contribution in [1.29, 1.82) is 0 Å². The fourth-order valence-electron chi connectivity index (χ4n) is 2.68. The van der Waals surface area contributed by atoms with Gasteiger partial charge in [-0.25, -0.2) is 0 Å². The standard InChI is InChI=1S/C17H13ClF3NOS/c1-10-6-12(8-13(18)7-10)16(17(19,20)21)9-15(22-23-16)11-2-4-14(24)5-3-11/h2-8,24H,9H2,1H3. The van der Waals surface area contributed by atoms with E-state index in [9.17, 15) is 13.2 Å². The number of hydrogen-bond donors (Lipinski definition) is 1. The maximum Gasteiger partial charge on any atom is 0.435 e. The fraction of sp³-hybridized carbons (Fsp3) is 0.235. The summed E-state index contributed by atoms with van der Waals surface area (Å²) in [6, 6.07) is 11.0. The molecule has 7 heteroatoms. The second-order valence-corrected chi connectivity index (χ2v) is 6.65. The molecule has 2 nitrogen and oxygen atoms in total. The van der Waals surface area contributed by atoms with Gasteiger partial charge in [-0.2, -0.15) is 13.2 Å². The van der Waals surface area contributed by atoms with Crippen LogP contribution in [0.5, 0.6) is 0 Å². The summed E-state index contributed by atoms with van der Waals surface area (Å²) in [5, 5.41) is 3.95. The van der Waals surface area contributed by atoms with E-state index >= 15 is 0 Å². The summed E-state index contributed by atoms with van der Waals surface area (Å²) in [6.07, 6.45) is -5.05. The Balaban J connectivity index is 2.03. The third-order valence-electron chi connectivity index (χ3n) is 3.89. The zero-order chi connectivity index (χ0) is 17.5. The molecular formula is C17H13ClF3NOS. The highest BCUT2D eigenvalue weighted by Crippen LogP contribution is 2.49. The number of oxime groups is 1. The van der Waals surface area contributed by atoms with Crippen LogP contribution in [0.25, 0.3) is 0 Å². The van der Waals surface area contributed by atoms with Crippen LogP contribution < -0.4 is 0 Å². The number of rotatable bonds is 2. The van der Waals surface area contributed by atoms with Crippen LogP contribution in [0.2, 0.25) is 5.02 Å². The van der Waals surface area contributed by atoms with Gasteiger partial charge in [0, 0.05) is 21.9 Å². The van der Waals surface area contributed by atoms with Crippen molar-refractivity contribution in [2.24, 2.45) is 5.16 Å². The van der Waals surface area contributed by atoms with E-state index in [1.807, 2.05) is 0 Å². The molecule has 3 rings (SSSR count). The molecule has 1 heterocycles. The summed E-state index contributed by atoms with van der Waals surface area (Å²) in [5.74, 6) is 0. The van der Waals surface area contributed by atoms with E-state index in [1.165, 1.54) is 12.1 Å². The highest BCUT2D eigenvalue weighted by Gasteiger charge is 2.62. The summed E-state index contributed by atoms with van der Waals surface area (Å²) >= 11 is 10.1. The van der Waals surface area contributed by atoms with Gasteiger partial charge >= 0.3 is 6.18 Å². The molecular weight excluding hydrogens is 359 g/mol. The number of alkyl halides is 3. The topological polar surface area (TPSA) is 21.6 Å². The lowest BCUT2D eigenvalue weighted by atomic mass is 9.86. The van der Waals surface area contributed by atoms with Crippen molar-refractivity contribution in [3.05, 3.63) is 64.2 Å². The molecule has 126 valence electrons. The second-order valence-electron chi connectivity index (χ2n) is 5.69. The molecule has 0 N–H and O–H groups in total. The van der Waals surface area contributed by atoms with E-state index in [0.717, 1.165) is 0 Å². The maximum absolute atomic E-state index is 13.9. The largest absolute Gasteiger partial charge is 0.435 e. The molecule has 1 aliphatic heterocycles. The fourth-order valence-corrected chi connectivity index (χ4v) is 3.12. The van der Waals surface area contributed by atoms with Crippen molar-refractivity contribution >= 4 is 29.9 Å². The second kappa shape index (κ2) is 6.01. The molecule has 2 aromatic carbocycles. The Labute approximate surface area is 147 Å². The Morgan fingerprint density at radius 3 is 2.42 bits per heavy atom. The van der Waals surface area contributed by atoms with Crippen LogP contribution >= 0.6 is 24.2 Å². The number of hydrogen-bond acceptors (Lipinski definition) is 3. The van der Waals surface area contributed by atoms with E-state index < -0.39 is 18.2 Å². The minimum atomic E-state index is -4.64. The van der Waals surface area contributed by atoms with Crippen LogP contribution in [-0.4, -0.2) is 11.9 Å². The third-order valence-corrected chi connectivity index (χ3v) is 4.41. The van der Waals surface area contributed by atoms with Crippen molar-refractivity contribution in [3.63, 3.8) is 0 Å². The molecule has 1 unspecified atom stereocenters. The lowest BCUT2D eigenvalue weighted by Crippen LogP contribution is -2.42. The quantitative estimate of drug-likeness (QED) is 0.690. The molecule has 1 atom stereocenters. The van der Waals surface area contributed by atoms with Crippen molar-refractivity contribution < 1.29 is 18.0 Å². The SMILES string of the molecule is Cc1cc(Cl)cc(C2(C(F)(F)F)CC(c3ccc(S)cc3)=NO2)c1. The molecule has 0 fully saturated rings. The number of halogens is 4. The van der Waals surface area contributed by atoms with E-state index in [4.69, 9.17) is 16.4 Å². The van der Waals surface area contributed by atoms with Gasteiger partial charge in [-0.3, -0.25) is 0 Å². The van der Waals surface area contributed by atoms with Gasteiger partial charge in [0.25, 0.3) is 5.60 Å². The average Bonchev–Trinajstić information content (AvgIpc) is 2.93. The van der Waals surface area contributed by atoms with Crippen LogP contribution in [-0.2, 0) is 10.4 Å². The van der Waals surface area contributed by atoms with E-state index in [2.05, 4.69) is 17.8 Å². The zero-order valence-electron chi connectivity index (χ0n) is 12.6. The van der Waals surface area contributed by atoms with Gasteiger partial charge in [0.1, 0.15) is 0 Å². The van der Waals surface area contributed by atoms with Gasteiger partial charge in [-0.1, -0.05) is 35.0 Å². The molecule has 0 aromatic heterocycles. The number of benzene rings is 2. The first-order valence-corrected chi connectivity index (χ1v) is 7.93. The molecule has 2 aromatic rings. The average molecular weight is 372 g/mol. The van der Waals surface area contributed by atoms with Gasteiger partial charge in [-0.05, 0) is 42.3 Å². The zero-order valence-corrected chi connectivity index (χ0v) is 14.2. The summed E-state index contributed by atoms with van der Waals surface area (Å²) in [5.41, 5.74) is -1.16. The summed E-state index contributed by atoms with van der Waals surface area (Å²) in [7, 11) is 0. The van der Waals surface area contributed by atoms with Crippen molar-refractivity contribution in [2.45, 2.75) is 30.0 Å². The van der Waals surface area contributed by atoms with Crippen molar-refractivity contribution in [3.8, 4) is 0 Å². The number of aryl methyl sites for hydroxylation is 1. The van der Waals surface area contributed by atoms with E-state index in [0.29, 0.717) is 16.0 Å². The first-order chi connectivity index (χ1) is 11.2. The minimum absolute atomic E-state index is 0.0513. The molecule has 0 bridgehead atoms. The molecule has 0 aliphatic carbocycles. The Morgan fingerprint density at radius 1 is 1.17 bits per heavy atom. The van der Waals surface area contributed by atoms with Gasteiger partial charge in [0.15, 0.2) is 0 Å². The molecule has 0 radical (unpaired) electrons. The van der Waals surface area contributed by atoms with Crippen LogP contribution in [0.3, 0.4) is 0 Å². The Hall–Kier alpha value is -1.66. The van der Waals surface area contributed by atoms with Crippen LogP contribution in [0.15, 0.2) is 52.5 Å². The van der Waals surface area contributed by atoms with Gasteiger partial charge in [0.05, 0.1) is 5.71 Å². The normalized spacial score (nSPS) is 20.7. The smallest absolute Gasteiger partial charge is 0.374 e. The summed E-state index contributed by atoms with van der Waals surface area (Å²) < 4.78 is 41.6. The van der Waals surface area contributed by atoms with Crippen LogP contribution in [0.1, 0.15) is 23.1 Å². The molecule has 0 amide bonds. The van der Waals surface area contributed by atoms with E-state index in [-0.39, 0.29) is 16.3 Å². The Morgan fingerprint density at radius 2 is 1.83 bits per heavy atom. The Kier molecular flexibility index (Phi) is 4.30. The number of thiol groups is 1. The predicted molar refractivity (Wildman–Crippen MR) is 89.9 cm³/mol. The third kappa shape index (κ3) is 3.00. The summed E-state index contributed by atoms with van der Waals surface area (Å²) in [4.78, 5) is 5.70. The first kappa shape index (κ1) is 17.2.